The molecule has 1 atom stereocenters. The van der Waals surface area contributed by atoms with Gasteiger partial charge in [0.05, 0.1) is 18.8 Å². The van der Waals surface area contributed by atoms with E-state index in [9.17, 15) is 4.39 Å². The van der Waals surface area contributed by atoms with Crippen molar-refractivity contribution in [3.8, 4) is 5.75 Å². The number of hydrogen-bond donors (Lipinski definition) is 2. The molecule has 0 aliphatic heterocycles. The van der Waals surface area contributed by atoms with Crippen molar-refractivity contribution in [2.24, 2.45) is 4.99 Å². The molecule has 0 aliphatic carbocycles. The van der Waals surface area contributed by atoms with Crippen molar-refractivity contribution in [2.75, 3.05) is 13.6 Å². The molecule has 0 amide bonds. The number of ether oxygens (including phenoxy) is 1. The molecule has 0 saturated carbocycles. The van der Waals surface area contributed by atoms with Gasteiger partial charge in [0.2, 0.25) is 0 Å². The van der Waals surface area contributed by atoms with E-state index in [0.29, 0.717) is 30.7 Å². The molecule has 1 aromatic carbocycles. The van der Waals surface area contributed by atoms with E-state index in [1.165, 1.54) is 12.1 Å². The van der Waals surface area contributed by atoms with E-state index in [-0.39, 0.29) is 35.9 Å². The topological polar surface area (TPSA) is 71.7 Å². The number of hydrogen-bond acceptors (Lipinski definition) is 4. The number of rotatable bonds is 7. The van der Waals surface area contributed by atoms with Crippen LogP contribution in [0.1, 0.15) is 38.1 Å². The van der Waals surface area contributed by atoms with Crippen molar-refractivity contribution in [3.63, 3.8) is 0 Å². The highest BCUT2D eigenvalue weighted by atomic mass is 127. The fourth-order valence-electron chi connectivity index (χ4n) is 2.13. The average molecular weight is 476 g/mol. The van der Waals surface area contributed by atoms with Crippen LogP contribution in [0.25, 0.3) is 0 Å². The fraction of sp³-hybridized carbons (Fsp3) is 0.444. The summed E-state index contributed by atoms with van der Waals surface area (Å²) in [5.74, 6) is 1.88. The van der Waals surface area contributed by atoms with Crippen molar-refractivity contribution < 1.29 is 13.7 Å². The molecule has 0 fully saturated rings. The predicted molar refractivity (Wildman–Crippen MR) is 111 cm³/mol. The molecular weight excluding hydrogens is 450 g/mol. The first kappa shape index (κ1) is 22.2. The van der Waals surface area contributed by atoms with Gasteiger partial charge in [-0.2, -0.15) is 0 Å². The molecule has 2 rings (SSSR count). The number of benzene rings is 1. The van der Waals surface area contributed by atoms with Gasteiger partial charge in [-0.3, -0.25) is 4.99 Å². The number of nitrogens with zero attached hydrogens (tertiary/aromatic N) is 2. The molecule has 26 heavy (non-hydrogen) atoms. The summed E-state index contributed by atoms with van der Waals surface area (Å²) in [7, 11) is 1.69. The summed E-state index contributed by atoms with van der Waals surface area (Å²) < 4.78 is 24.1. The van der Waals surface area contributed by atoms with E-state index >= 15 is 0 Å². The zero-order valence-electron chi connectivity index (χ0n) is 15.5. The third-order valence-corrected chi connectivity index (χ3v) is 3.51. The van der Waals surface area contributed by atoms with Crippen LogP contribution in [-0.4, -0.2) is 30.8 Å². The van der Waals surface area contributed by atoms with Crippen molar-refractivity contribution in [2.45, 2.75) is 39.3 Å². The van der Waals surface area contributed by atoms with E-state index in [1.54, 1.807) is 19.2 Å². The Hall–Kier alpha value is -1.84. The van der Waals surface area contributed by atoms with Crippen LogP contribution in [0.2, 0.25) is 0 Å². The molecule has 8 heteroatoms. The quantitative estimate of drug-likeness (QED) is 0.363. The van der Waals surface area contributed by atoms with Gasteiger partial charge in [-0.05, 0) is 25.0 Å². The third kappa shape index (κ3) is 7.19. The lowest BCUT2D eigenvalue weighted by Gasteiger charge is -2.17. The van der Waals surface area contributed by atoms with Crippen LogP contribution in [0.15, 0.2) is 39.8 Å². The Morgan fingerprint density at radius 1 is 1.27 bits per heavy atom. The first-order valence-electron chi connectivity index (χ1n) is 8.30. The maximum atomic E-state index is 13.2. The number of aliphatic imine (C=N–C) groups is 1. The van der Waals surface area contributed by atoms with E-state index in [1.807, 2.05) is 13.0 Å². The number of guanidine groups is 1. The van der Waals surface area contributed by atoms with Gasteiger partial charge in [0, 0.05) is 19.2 Å². The molecule has 0 saturated heterocycles. The van der Waals surface area contributed by atoms with Gasteiger partial charge in [0.15, 0.2) is 11.7 Å². The van der Waals surface area contributed by atoms with Gasteiger partial charge in [-0.25, -0.2) is 4.39 Å². The van der Waals surface area contributed by atoms with Crippen LogP contribution in [-0.2, 0) is 6.54 Å². The second-order valence-corrected chi connectivity index (χ2v) is 6.07. The molecule has 0 spiro atoms. The zero-order valence-corrected chi connectivity index (χ0v) is 17.8. The van der Waals surface area contributed by atoms with E-state index in [0.717, 1.165) is 11.5 Å². The standard InChI is InChI=1S/C18H25FN4O2.HI/c1-12(2)17-9-16(25-23-17)11-22-18(20-4)21-10-13(3)24-15-7-5-6-14(19)8-15;/h5-9,12-13H,10-11H2,1-4H3,(H2,20,21,22);1H. The molecular formula is C18H26FIN4O2. The SMILES string of the molecule is CN=C(NCc1cc(C(C)C)no1)NCC(C)Oc1cccc(F)c1.I. The highest BCUT2D eigenvalue weighted by molar-refractivity contribution is 14.0. The first-order valence-corrected chi connectivity index (χ1v) is 8.30. The largest absolute Gasteiger partial charge is 0.489 e. The molecule has 2 aromatic rings. The molecule has 1 aromatic heterocycles. The Labute approximate surface area is 170 Å². The molecule has 0 bridgehead atoms. The Morgan fingerprint density at radius 3 is 2.65 bits per heavy atom. The molecule has 0 aliphatic rings. The van der Waals surface area contributed by atoms with Crippen molar-refractivity contribution in [1.29, 1.82) is 0 Å². The van der Waals surface area contributed by atoms with Crippen LogP contribution in [0.3, 0.4) is 0 Å². The average Bonchev–Trinajstić information content (AvgIpc) is 3.04. The molecule has 0 radical (unpaired) electrons. The minimum atomic E-state index is -0.317. The van der Waals surface area contributed by atoms with Gasteiger partial charge in [-0.1, -0.05) is 25.1 Å². The number of halogens is 2. The van der Waals surface area contributed by atoms with Crippen LogP contribution < -0.4 is 15.4 Å². The van der Waals surface area contributed by atoms with E-state index in [2.05, 4.69) is 34.6 Å². The minimum absolute atomic E-state index is 0. The van der Waals surface area contributed by atoms with Crippen molar-refractivity contribution >= 4 is 29.9 Å². The van der Waals surface area contributed by atoms with E-state index < -0.39 is 0 Å². The van der Waals surface area contributed by atoms with Crippen LogP contribution in [0, 0.1) is 5.82 Å². The van der Waals surface area contributed by atoms with Gasteiger partial charge in [0.1, 0.15) is 17.7 Å². The van der Waals surface area contributed by atoms with E-state index in [4.69, 9.17) is 9.26 Å². The maximum Gasteiger partial charge on any atom is 0.191 e. The smallest absolute Gasteiger partial charge is 0.191 e. The lowest BCUT2D eigenvalue weighted by molar-refractivity contribution is 0.223. The molecule has 1 heterocycles. The van der Waals surface area contributed by atoms with Crippen LogP contribution >= 0.6 is 24.0 Å². The fourth-order valence-corrected chi connectivity index (χ4v) is 2.13. The Bertz CT molecular complexity index is 706. The molecule has 144 valence electrons. The third-order valence-electron chi connectivity index (χ3n) is 3.51. The van der Waals surface area contributed by atoms with Crippen LogP contribution in [0.4, 0.5) is 4.39 Å². The zero-order chi connectivity index (χ0) is 18.2. The normalized spacial score (nSPS) is 12.5. The minimum Gasteiger partial charge on any atom is -0.489 e. The second-order valence-electron chi connectivity index (χ2n) is 6.07. The summed E-state index contributed by atoms with van der Waals surface area (Å²) in [5, 5.41) is 10.3. The van der Waals surface area contributed by atoms with Gasteiger partial charge < -0.3 is 19.9 Å². The maximum absolute atomic E-state index is 13.2. The summed E-state index contributed by atoms with van der Waals surface area (Å²) in [5.41, 5.74) is 0.928. The molecule has 1 unspecified atom stereocenters. The lowest BCUT2D eigenvalue weighted by Crippen LogP contribution is -2.41. The molecule has 6 nitrogen and oxygen atoms in total. The van der Waals surface area contributed by atoms with Gasteiger partial charge in [0.25, 0.3) is 0 Å². The summed E-state index contributed by atoms with van der Waals surface area (Å²) in [6.07, 6.45) is -0.154. The Kier molecular flexibility index (Phi) is 9.39. The van der Waals surface area contributed by atoms with Crippen molar-refractivity contribution in [1.82, 2.24) is 15.8 Å². The highest BCUT2D eigenvalue weighted by Gasteiger charge is 2.09. The number of nitrogens with one attached hydrogen (secondary N) is 2. The summed E-state index contributed by atoms with van der Waals surface area (Å²) in [4.78, 5) is 4.15. The van der Waals surface area contributed by atoms with Crippen LogP contribution in [0.5, 0.6) is 5.75 Å². The molecule has 2 N–H and O–H groups in total. The Balaban J connectivity index is 0.00000338. The van der Waals surface area contributed by atoms with Gasteiger partial charge in [-0.15, -0.1) is 24.0 Å². The Morgan fingerprint density at radius 2 is 2.04 bits per heavy atom. The summed E-state index contributed by atoms with van der Waals surface area (Å²) in [6, 6.07) is 8.02. The number of aromatic nitrogens is 1. The summed E-state index contributed by atoms with van der Waals surface area (Å²) in [6.45, 7) is 7.03. The lowest BCUT2D eigenvalue weighted by atomic mass is 10.1. The highest BCUT2D eigenvalue weighted by Crippen LogP contribution is 2.14. The monoisotopic (exact) mass is 476 g/mol. The summed E-state index contributed by atoms with van der Waals surface area (Å²) >= 11 is 0. The second kappa shape index (κ2) is 11.0. The van der Waals surface area contributed by atoms with Gasteiger partial charge >= 0.3 is 0 Å². The van der Waals surface area contributed by atoms with Crippen molar-refractivity contribution in [3.05, 3.63) is 47.6 Å². The first-order chi connectivity index (χ1) is 12.0. The predicted octanol–water partition coefficient (Wildman–Crippen LogP) is 3.69.